The SMILES string of the molecule is O=[N+]([O-])c1ccc(NCC2(O)CNC2)c(F)c1. The second-order valence-corrected chi connectivity index (χ2v) is 4.10. The van der Waals surface area contributed by atoms with E-state index in [4.69, 9.17) is 0 Å². The lowest BCUT2D eigenvalue weighted by Gasteiger charge is -2.37. The minimum Gasteiger partial charge on any atom is -0.385 e. The van der Waals surface area contributed by atoms with Gasteiger partial charge in [-0.1, -0.05) is 0 Å². The molecule has 1 aliphatic rings. The number of hydrogen-bond acceptors (Lipinski definition) is 5. The number of nitro benzene ring substituents is 1. The van der Waals surface area contributed by atoms with Crippen molar-refractivity contribution in [1.82, 2.24) is 5.32 Å². The predicted molar refractivity (Wildman–Crippen MR) is 59.4 cm³/mol. The Labute approximate surface area is 96.6 Å². The largest absolute Gasteiger partial charge is 0.385 e. The van der Waals surface area contributed by atoms with E-state index in [2.05, 4.69) is 10.6 Å². The van der Waals surface area contributed by atoms with Gasteiger partial charge in [-0.2, -0.15) is 0 Å². The Morgan fingerprint density at radius 3 is 2.76 bits per heavy atom. The van der Waals surface area contributed by atoms with E-state index < -0.39 is 16.3 Å². The number of non-ortho nitro benzene ring substituents is 1. The van der Waals surface area contributed by atoms with Gasteiger partial charge in [-0.15, -0.1) is 0 Å². The molecule has 92 valence electrons. The topological polar surface area (TPSA) is 87.4 Å². The minimum atomic E-state index is -0.867. The van der Waals surface area contributed by atoms with Gasteiger partial charge in [0.05, 0.1) is 16.7 Å². The molecule has 0 atom stereocenters. The molecule has 3 N–H and O–H groups in total. The van der Waals surface area contributed by atoms with Gasteiger partial charge in [-0.3, -0.25) is 10.1 Å². The van der Waals surface area contributed by atoms with Gasteiger partial charge in [0.2, 0.25) is 0 Å². The first-order valence-corrected chi connectivity index (χ1v) is 5.11. The average molecular weight is 241 g/mol. The van der Waals surface area contributed by atoms with Crippen LogP contribution >= 0.6 is 0 Å². The summed E-state index contributed by atoms with van der Waals surface area (Å²) >= 11 is 0. The van der Waals surface area contributed by atoms with Crippen LogP contribution in [0.5, 0.6) is 0 Å². The normalized spacial score (nSPS) is 17.3. The summed E-state index contributed by atoms with van der Waals surface area (Å²) in [6, 6.07) is 3.36. The summed E-state index contributed by atoms with van der Waals surface area (Å²) in [6.45, 7) is 1.11. The molecule has 7 heteroatoms. The third-order valence-electron chi connectivity index (χ3n) is 2.68. The molecule has 1 saturated heterocycles. The second kappa shape index (κ2) is 4.27. The van der Waals surface area contributed by atoms with Crippen molar-refractivity contribution < 1.29 is 14.4 Å². The van der Waals surface area contributed by atoms with Gasteiger partial charge >= 0.3 is 0 Å². The molecule has 6 nitrogen and oxygen atoms in total. The Morgan fingerprint density at radius 1 is 1.59 bits per heavy atom. The van der Waals surface area contributed by atoms with Crippen molar-refractivity contribution in [2.24, 2.45) is 0 Å². The molecule has 17 heavy (non-hydrogen) atoms. The van der Waals surface area contributed by atoms with E-state index in [1.165, 1.54) is 12.1 Å². The van der Waals surface area contributed by atoms with Crippen LogP contribution in [0, 0.1) is 15.9 Å². The van der Waals surface area contributed by atoms with Gasteiger partial charge in [-0.25, -0.2) is 4.39 Å². The number of halogens is 1. The summed E-state index contributed by atoms with van der Waals surface area (Å²) in [4.78, 5) is 9.75. The highest BCUT2D eigenvalue weighted by Crippen LogP contribution is 2.21. The Balaban J connectivity index is 2.03. The first-order chi connectivity index (χ1) is 8.00. The summed E-state index contributed by atoms with van der Waals surface area (Å²) in [5, 5.41) is 25.8. The monoisotopic (exact) mass is 241 g/mol. The maximum atomic E-state index is 13.4. The van der Waals surface area contributed by atoms with Crippen LogP contribution in [0.2, 0.25) is 0 Å². The van der Waals surface area contributed by atoms with E-state index in [1.807, 2.05) is 0 Å². The van der Waals surface area contributed by atoms with E-state index in [9.17, 15) is 19.6 Å². The smallest absolute Gasteiger partial charge is 0.272 e. The van der Waals surface area contributed by atoms with Gasteiger partial charge in [-0.05, 0) is 6.07 Å². The summed E-state index contributed by atoms with van der Waals surface area (Å²) in [6.07, 6.45) is 0. The van der Waals surface area contributed by atoms with Crippen LogP contribution in [0.1, 0.15) is 0 Å². The lowest BCUT2D eigenvalue weighted by atomic mass is 9.97. The van der Waals surface area contributed by atoms with Crippen LogP contribution in [-0.2, 0) is 0 Å². The summed E-state index contributed by atoms with van der Waals surface area (Å²) < 4.78 is 13.4. The number of rotatable bonds is 4. The molecule has 0 amide bonds. The molecule has 1 heterocycles. The molecule has 1 fully saturated rings. The van der Waals surface area contributed by atoms with Crippen LogP contribution in [0.4, 0.5) is 15.8 Å². The number of aliphatic hydroxyl groups is 1. The third kappa shape index (κ3) is 2.51. The lowest BCUT2D eigenvalue weighted by Crippen LogP contribution is -2.63. The molecule has 0 bridgehead atoms. The summed E-state index contributed by atoms with van der Waals surface area (Å²) in [7, 11) is 0. The van der Waals surface area contributed by atoms with Gasteiger partial charge in [0.25, 0.3) is 5.69 Å². The predicted octanol–water partition coefficient (Wildman–Crippen LogP) is 0.480. The number of anilines is 1. The van der Waals surface area contributed by atoms with E-state index in [1.54, 1.807) is 0 Å². The molecule has 0 saturated carbocycles. The Hall–Kier alpha value is -1.73. The fourth-order valence-corrected chi connectivity index (χ4v) is 1.56. The first kappa shape index (κ1) is 11.7. The van der Waals surface area contributed by atoms with Crippen molar-refractivity contribution in [3.05, 3.63) is 34.1 Å². The third-order valence-corrected chi connectivity index (χ3v) is 2.68. The molecule has 0 unspecified atom stereocenters. The maximum Gasteiger partial charge on any atom is 0.272 e. The fourth-order valence-electron chi connectivity index (χ4n) is 1.56. The van der Waals surface area contributed by atoms with Crippen molar-refractivity contribution in [3.8, 4) is 0 Å². The van der Waals surface area contributed by atoms with Crippen LogP contribution < -0.4 is 10.6 Å². The zero-order chi connectivity index (χ0) is 12.5. The molecule has 1 aromatic carbocycles. The van der Waals surface area contributed by atoms with Gasteiger partial charge in [0.1, 0.15) is 5.60 Å². The Kier molecular flexibility index (Phi) is 2.95. The quantitative estimate of drug-likeness (QED) is 0.527. The van der Waals surface area contributed by atoms with Gasteiger partial charge in [0.15, 0.2) is 5.82 Å². The number of nitrogens with one attached hydrogen (secondary N) is 2. The van der Waals surface area contributed by atoms with Crippen molar-refractivity contribution in [3.63, 3.8) is 0 Å². The summed E-state index contributed by atoms with van der Waals surface area (Å²) in [5.41, 5.74) is -1.01. The highest BCUT2D eigenvalue weighted by Gasteiger charge is 2.34. The molecular weight excluding hydrogens is 229 g/mol. The van der Waals surface area contributed by atoms with Crippen LogP contribution in [0.15, 0.2) is 18.2 Å². The van der Waals surface area contributed by atoms with Crippen molar-refractivity contribution in [2.75, 3.05) is 25.0 Å². The van der Waals surface area contributed by atoms with Crippen LogP contribution in [0.25, 0.3) is 0 Å². The minimum absolute atomic E-state index is 0.149. The number of nitrogens with zero attached hydrogens (tertiary/aromatic N) is 1. The second-order valence-electron chi connectivity index (χ2n) is 4.10. The van der Waals surface area contributed by atoms with E-state index in [0.29, 0.717) is 13.1 Å². The highest BCUT2D eigenvalue weighted by molar-refractivity contribution is 5.50. The number of nitro groups is 1. The van der Waals surface area contributed by atoms with Crippen molar-refractivity contribution in [1.29, 1.82) is 0 Å². The maximum absolute atomic E-state index is 13.4. The van der Waals surface area contributed by atoms with E-state index in [0.717, 1.165) is 6.07 Å². The van der Waals surface area contributed by atoms with Crippen molar-refractivity contribution >= 4 is 11.4 Å². The van der Waals surface area contributed by atoms with E-state index in [-0.39, 0.29) is 17.9 Å². The first-order valence-electron chi connectivity index (χ1n) is 5.11. The average Bonchev–Trinajstić information content (AvgIpc) is 2.24. The van der Waals surface area contributed by atoms with Crippen LogP contribution in [-0.4, -0.2) is 35.3 Å². The number of β-amino-alcohol motifs (C(OH)–C–C–N with tert-alkyl or cyclic N) is 1. The standard InChI is InChI=1S/C10H12FN3O3/c11-8-3-7(14(16)17)1-2-9(8)13-6-10(15)4-12-5-10/h1-3,12-13,15H,4-6H2. The molecule has 0 aliphatic carbocycles. The molecule has 2 rings (SSSR count). The summed E-state index contributed by atoms with van der Waals surface area (Å²) in [5.74, 6) is -0.699. The molecular formula is C10H12FN3O3. The number of hydrogen-bond donors (Lipinski definition) is 3. The zero-order valence-electron chi connectivity index (χ0n) is 8.94. The highest BCUT2D eigenvalue weighted by atomic mass is 19.1. The van der Waals surface area contributed by atoms with Crippen molar-refractivity contribution in [2.45, 2.75) is 5.60 Å². The molecule has 0 radical (unpaired) electrons. The molecule has 0 spiro atoms. The van der Waals surface area contributed by atoms with Crippen LogP contribution in [0.3, 0.4) is 0 Å². The van der Waals surface area contributed by atoms with E-state index >= 15 is 0 Å². The molecule has 0 aromatic heterocycles. The van der Waals surface area contributed by atoms with Gasteiger partial charge in [0, 0.05) is 25.7 Å². The number of benzene rings is 1. The zero-order valence-corrected chi connectivity index (χ0v) is 8.94. The van der Waals surface area contributed by atoms with Gasteiger partial charge < -0.3 is 15.7 Å². The fraction of sp³-hybridized carbons (Fsp3) is 0.400. The Bertz CT molecular complexity index is 448. The lowest BCUT2D eigenvalue weighted by molar-refractivity contribution is -0.385. The molecule has 1 aliphatic heterocycles. The Morgan fingerprint density at radius 2 is 2.29 bits per heavy atom. The molecule has 1 aromatic rings.